The zero-order valence-electron chi connectivity index (χ0n) is 15.9. The standard InChI is InChI=1S/C18H32N4O2S.HI/c1-3-19-17(21-15-18(2,23)16-7-6-14-25-16)20-8-4-5-9-22-10-12-24-13-11-22;/h6-7,14,23H,3-5,8-13,15H2,1-2H3,(H2,19,20,21);1H. The summed E-state index contributed by atoms with van der Waals surface area (Å²) < 4.78 is 5.37. The first-order valence-electron chi connectivity index (χ1n) is 9.20. The average Bonchev–Trinajstić information content (AvgIpc) is 3.16. The van der Waals surface area contributed by atoms with E-state index < -0.39 is 5.60 Å². The number of unbranched alkanes of at least 4 members (excludes halogenated alkanes) is 1. The molecule has 1 aliphatic rings. The summed E-state index contributed by atoms with van der Waals surface area (Å²) in [5, 5.41) is 19.2. The highest BCUT2D eigenvalue weighted by Crippen LogP contribution is 2.25. The van der Waals surface area contributed by atoms with E-state index in [1.54, 1.807) is 11.3 Å². The topological polar surface area (TPSA) is 69.1 Å². The number of nitrogens with zero attached hydrogens (tertiary/aromatic N) is 2. The molecule has 150 valence electrons. The number of nitrogens with one attached hydrogen (secondary N) is 2. The van der Waals surface area contributed by atoms with Gasteiger partial charge in [0, 0.05) is 31.1 Å². The van der Waals surface area contributed by atoms with Crippen molar-refractivity contribution in [3.8, 4) is 0 Å². The summed E-state index contributed by atoms with van der Waals surface area (Å²) in [4.78, 5) is 7.95. The van der Waals surface area contributed by atoms with Gasteiger partial charge in [0.05, 0.1) is 19.8 Å². The number of hydrogen-bond donors (Lipinski definition) is 3. The lowest BCUT2D eigenvalue weighted by Crippen LogP contribution is -2.40. The fraction of sp³-hybridized carbons (Fsp3) is 0.722. The number of morpholine rings is 1. The number of rotatable bonds is 9. The fourth-order valence-electron chi connectivity index (χ4n) is 2.73. The maximum atomic E-state index is 10.6. The summed E-state index contributed by atoms with van der Waals surface area (Å²) in [5.41, 5.74) is -0.924. The van der Waals surface area contributed by atoms with E-state index >= 15 is 0 Å². The molecule has 0 aromatic carbocycles. The lowest BCUT2D eigenvalue weighted by atomic mass is 10.1. The number of guanidine groups is 1. The van der Waals surface area contributed by atoms with E-state index in [1.807, 2.05) is 31.4 Å². The first-order valence-corrected chi connectivity index (χ1v) is 10.1. The van der Waals surface area contributed by atoms with Crippen LogP contribution in [0.5, 0.6) is 0 Å². The molecule has 1 aromatic rings. The number of hydrogen-bond acceptors (Lipinski definition) is 5. The maximum Gasteiger partial charge on any atom is 0.191 e. The Balaban J connectivity index is 0.00000338. The molecule has 6 nitrogen and oxygen atoms in total. The van der Waals surface area contributed by atoms with Crippen LogP contribution in [0.25, 0.3) is 0 Å². The monoisotopic (exact) mass is 496 g/mol. The average molecular weight is 496 g/mol. The van der Waals surface area contributed by atoms with Gasteiger partial charge in [-0.05, 0) is 44.7 Å². The lowest BCUT2D eigenvalue weighted by molar-refractivity contribution is 0.0372. The maximum absolute atomic E-state index is 10.6. The Morgan fingerprint density at radius 2 is 2.12 bits per heavy atom. The molecule has 1 aromatic heterocycles. The van der Waals surface area contributed by atoms with Crippen molar-refractivity contribution in [1.82, 2.24) is 15.5 Å². The summed E-state index contributed by atoms with van der Waals surface area (Å²) in [6.07, 6.45) is 2.27. The summed E-state index contributed by atoms with van der Waals surface area (Å²) >= 11 is 1.56. The van der Waals surface area contributed by atoms with Crippen LogP contribution >= 0.6 is 35.3 Å². The van der Waals surface area contributed by atoms with Crippen LogP contribution in [0.2, 0.25) is 0 Å². The molecule has 1 fully saturated rings. The molecular weight excluding hydrogens is 463 g/mol. The number of aliphatic imine (C=N–C) groups is 1. The quantitative estimate of drug-likeness (QED) is 0.212. The fourth-order valence-corrected chi connectivity index (χ4v) is 3.51. The summed E-state index contributed by atoms with van der Waals surface area (Å²) in [5.74, 6) is 0.769. The van der Waals surface area contributed by atoms with Crippen molar-refractivity contribution in [3.63, 3.8) is 0 Å². The molecule has 0 amide bonds. The van der Waals surface area contributed by atoms with E-state index in [1.165, 1.54) is 6.42 Å². The Morgan fingerprint density at radius 1 is 1.35 bits per heavy atom. The molecule has 1 atom stereocenters. The first kappa shape index (κ1) is 23.6. The number of ether oxygens (including phenoxy) is 1. The van der Waals surface area contributed by atoms with Crippen molar-refractivity contribution in [3.05, 3.63) is 22.4 Å². The second-order valence-corrected chi connectivity index (χ2v) is 7.48. The van der Waals surface area contributed by atoms with Crippen molar-refractivity contribution in [1.29, 1.82) is 0 Å². The minimum atomic E-state index is -0.924. The molecule has 0 radical (unpaired) electrons. The van der Waals surface area contributed by atoms with Gasteiger partial charge in [0.1, 0.15) is 5.60 Å². The molecule has 26 heavy (non-hydrogen) atoms. The molecule has 0 aliphatic carbocycles. The van der Waals surface area contributed by atoms with Crippen LogP contribution in [-0.2, 0) is 10.3 Å². The second-order valence-electron chi connectivity index (χ2n) is 6.53. The molecule has 0 spiro atoms. The van der Waals surface area contributed by atoms with E-state index in [4.69, 9.17) is 4.74 Å². The van der Waals surface area contributed by atoms with Crippen molar-refractivity contribution >= 4 is 41.3 Å². The number of thiophene rings is 1. The SMILES string of the molecule is CCNC(=NCC(C)(O)c1cccs1)NCCCCN1CCOCC1.I. The van der Waals surface area contributed by atoms with E-state index in [-0.39, 0.29) is 24.0 Å². The van der Waals surface area contributed by atoms with Gasteiger partial charge in [-0.25, -0.2) is 4.99 Å². The molecule has 1 unspecified atom stereocenters. The van der Waals surface area contributed by atoms with Gasteiger partial charge in [0.15, 0.2) is 5.96 Å². The van der Waals surface area contributed by atoms with Gasteiger partial charge in [-0.15, -0.1) is 35.3 Å². The molecule has 2 heterocycles. The highest BCUT2D eigenvalue weighted by molar-refractivity contribution is 14.0. The minimum absolute atomic E-state index is 0. The van der Waals surface area contributed by atoms with Crippen LogP contribution in [-0.4, -0.2) is 68.4 Å². The van der Waals surface area contributed by atoms with Gasteiger partial charge in [-0.1, -0.05) is 6.07 Å². The third-order valence-electron chi connectivity index (χ3n) is 4.24. The summed E-state index contributed by atoms with van der Waals surface area (Å²) in [7, 11) is 0. The van der Waals surface area contributed by atoms with Crippen molar-refractivity contribution < 1.29 is 9.84 Å². The van der Waals surface area contributed by atoms with Crippen molar-refractivity contribution in [2.45, 2.75) is 32.3 Å². The van der Waals surface area contributed by atoms with E-state index in [2.05, 4.69) is 20.5 Å². The van der Waals surface area contributed by atoms with Crippen molar-refractivity contribution in [2.24, 2.45) is 4.99 Å². The zero-order chi connectivity index (χ0) is 18.0. The van der Waals surface area contributed by atoms with E-state index in [0.29, 0.717) is 6.54 Å². The summed E-state index contributed by atoms with van der Waals surface area (Å²) in [6, 6.07) is 3.91. The smallest absolute Gasteiger partial charge is 0.191 e. The Morgan fingerprint density at radius 3 is 2.77 bits per heavy atom. The van der Waals surface area contributed by atoms with Crippen LogP contribution in [0.3, 0.4) is 0 Å². The van der Waals surface area contributed by atoms with Gasteiger partial charge >= 0.3 is 0 Å². The third kappa shape index (κ3) is 8.51. The molecule has 1 saturated heterocycles. The van der Waals surface area contributed by atoms with Gasteiger partial charge in [-0.3, -0.25) is 4.90 Å². The van der Waals surface area contributed by atoms with Crippen molar-refractivity contribution in [2.75, 3.05) is 52.5 Å². The predicted molar refractivity (Wildman–Crippen MR) is 120 cm³/mol. The van der Waals surface area contributed by atoms with Crippen LogP contribution in [0, 0.1) is 0 Å². The Kier molecular flexibility index (Phi) is 11.7. The van der Waals surface area contributed by atoms with Gasteiger partial charge < -0.3 is 20.5 Å². The molecule has 0 saturated carbocycles. The van der Waals surface area contributed by atoms with Crippen LogP contribution in [0.1, 0.15) is 31.6 Å². The van der Waals surface area contributed by atoms with Gasteiger partial charge in [-0.2, -0.15) is 0 Å². The summed E-state index contributed by atoms with van der Waals surface area (Å²) in [6.45, 7) is 10.9. The molecule has 8 heteroatoms. The third-order valence-corrected chi connectivity index (χ3v) is 5.36. The lowest BCUT2D eigenvalue weighted by Gasteiger charge is -2.26. The van der Waals surface area contributed by atoms with Crippen LogP contribution in [0.15, 0.2) is 22.5 Å². The van der Waals surface area contributed by atoms with Crippen LogP contribution in [0.4, 0.5) is 0 Å². The van der Waals surface area contributed by atoms with E-state index in [9.17, 15) is 5.11 Å². The van der Waals surface area contributed by atoms with Gasteiger partial charge in [0.2, 0.25) is 0 Å². The normalized spacial score (nSPS) is 18.0. The molecule has 2 rings (SSSR count). The largest absolute Gasteiger partial charge is 0.383 e. The predicted octanol–water partition coefficient (Wildman–Crippen LogP) is 2.24. The van der Waals surface area contributed by atoms with Gasteiger partial charge in [0.25, 0.3) is 0 Å². The van der Waals surface area contributed by atoms with E-state index in [0.717, 1.165) is 63.2 Å². The zero-order valence-corrected chi connectivity index (χ0v) is 19.0. The Labute approximate surface area is 178 Å². The molecule has 1 aliphatic heterocycles. The molecule has 0 bridgehead atoms. The Hall–Kier alpha value is -0.420. The first-order chi connectivity index (χ1) is 12.1. The highest BCUT2D eigenvalue weighted by Gasteiger charge is 2.23. The number of halogens is 1. The second kappa shape index (κ2) is 12.9. The highest BCUT2D eigenvalue weighted by atomic mass is 127. The Bertz CT molecular complexity index is 505. The molecule has 3 N–H and O–H groups in total. The number of aliphatic hydroxyl groups is 1. The molecular formula is C18H33IN4O2S. The van der Waals surface area contributed by atoms with Crippen LogP contribution < -0.4 is 10.6 Å². The minimum Gasteiger partial charge on any atom is -0.383 e.